The Morgan fingerprint density at radius 1 is 1.67 bits per heavy atom. The van der Waals surface area contributed by atoms with Crippen LogP contribution in [0.2, 0.25) is 0 Å². The molecule has 0 amide bonds. The Morgan fingerprint density at radius 2 is 2.42 bits per heavy atom. The summed E-state index contributed by atoms with van der Waals surface area (Å²) in [6.45, 7) is 2.74. The highest BCUT2D eigenvalue weighted by molar-refractivity contribution is 5.28. The molecule has 0 bridgehead atoms. The lowest BCUT2D eigenvalue weighted by molar-refractivity contribution is 0.608. The smallest absolute Gasteiger partial charge is 0.0706 e. The first-order chi connectivity index (χ1) is 5.77. The van der Waals surface area contributed by atoms with Gasteiger partial charge in [0, 0.05) is 0 Å². The minimum absolute atomic E-state index is 0.0477. The number of hydrogen-bond acceptors (Lipinski definition) is 2. The fraction of sp³-hybridized carbons (Fsp3) is 0.500. The Kier molecular flexibility index (Phi) is 3.07. The van der Waals surface area contributed by atoms with Crippen LogP contribution in [0.1, 0.15) is 13.3 Å². The van der Waals surface area contributed by atoms with Crippen LogP contribution >= 0.6 is 0 Å². The Bertz CT molecular complexity index is 245. The number of hydrogen-bond donors (Lipinski definition) is 1. The second-order valence-corrected chi connectivity index (χ2v) is 3.15. The molecule has 2 atom stereocenters. The Hall–Kier alpha value is -1.07. The number of nitrogens with zero attached hydrogens (tertiary/aromatic N) is 1. The molecule has 0 fully saturated rings. The second kappa shape index (κ2) is 4.08. The summed E-state index contributed by atoms with van der Waals surface area (Å²) in [4.78, 5) is 0. The van der Waals surface area contributed by atoms with Gasteiger partial charge in [0.15, 0.2) is 0 Å². The highest BCUT2D eigenvalue weighted by Gasteiger charge is 2.15. The van der Waals surface area contributed by atoms with Crippen LogP contribution in [0.25, 0.3) is 0 Å². The average molecular weight is 162 g/mol. The molecule has 0 aromatic heterocycles. The largest absolute Gasteiger partial charge is 0.330 e. The summed E-state index contributed by atoms with van der Waals surface area (Å²) in [7, 11) is 0. The SMILES string of the molecule is C[C@H]1C=C(CCN)C=CC1C#N. The molecule has 0 spiro atoms. The third-order valence-corrected chi connectivity index (χ3v) is 2.14. The topological polar surface area (TPSA) is 49.8 Å². The fourth-order valence-corrected chi connectivity index (χ4v) is 1.39. The predicted molar refractivity (Wildman–Crippen MR) is 49.2 cm³/mol. The molecule has 0 aromatic rings. The zero-order valence-corrected chi connectivity index (χ0v) is 7.33. The first-order valence-electron chi connectivity index (χ1n) is 4.26. The molecule has 1 aliphatic rings. The highest BCUT2D eigenvalue weighted by Crippen LogP contribution is 2.22. The van der Waals surface area contributed by atoms with Gasteiger partial charge in [0.25, 0.3) is 0 Å². The maximum absolute atomic E-state index is 8.72. The van der Waals surface area contributed by atoms with Gasteiger partial charge in [0.1, 0.15) is 0 Å². The predicted octanol–water partition coefficient (Wildman–Crippen LogP) is 1.61. The number of nitrogens with two attached hydrogens (primary N) is 1. The van der Waals surface area contributed by atoms with Gasteiger partial charge in [-0.3, -0.25) is 0 Å². The maximum Gasteiger partial charge on any atom is 0.0706 e. The van der Waals surface area contributed by atoms with Gasteiger partial charge < -0.3 is 5.73 Å². The molecule has 1 unspecified atom stereocenters. The Balaban J connectivity index is 2.64. The van der Waals surface area contributed by atoms with Gasteiger partial charge in [0.2, 0.25) is 0 Å². The average Bonchev–Trinajstić information content (AvgIpc) is 2.05. The zero-order valence-electron chi connectivity index (χ0n) is 7.33. The molecule has 0 saturated carbocycles. The van der Waals surface area contributed by atoms with Gasteiger partial charge in [0.05, 0.1) is 12.0 Å². The molecular weight excluding hydrogens is 148 g/mol. The minimum Gasteiger partial charge on any atom is -0.330 e. The van der Waals surface area contributed by atoms with Crippen LogP contribution in [0.15, 0.2) is 23.8 Å². The van der Waals surface area contributed by atoms with E-state index in [2.05, 4.69) is 19.1 Å². The summed E-state index contributed by atoms with van der Waals surface area (Å²) in [5.74, 6) is 0.382. The van der Waals surface area contributed by atoms with Crippen LogP contribution in [-0.4, -0.2) is 6.54 Å². The van der Waals surface area contributed by atoms with Gasteiger partial charge in [-0.05, 0) is 18.9 Å². The lowest BCUT2D eigenvalue weighted by Gasteiger charge is -2.16. The van der Waals surface area contributed by atoms with E-state index in [0.717, 1.165) is 6.42 Å². The van der Waals surface area contributed by atoms with E-state index in [1.807, 2.05) is 12.2 Å². The summed E-state index contributed by atoms with van der Waals surface area (Å²) in [5.41, 5.74) is 6.69. The molecule has 0 aliphatic heterocycles. The molecular formula is C10H14N2. The van der Waals surface area contributed by atoms with E-state index in [-0.39, 0.29) is 5.92 Å². The van der Waals surface area contributed by atoms with Crippen molar-refractivity contribution in [3.05, 3.63) is 23.8 Å². The van der Waals surface area contributed by atoms with E-state index in [1.54, 1.807) is 0 Å². The molecule has 2 heteroatoms. The number of allylic oxidation sites excluding steroid dienone is 3. The van der Waals surface area contributed by atoms with Crippen molar-refractivity contribution < 1.29 is 0 Å². The van der Waals surface area contributed by atoms with Gasteiger partial charge in [-0.25, -0.2) is 0 Å². The molecule has 0 saturated heterocycles. The zero-order chi connectivity index (χ0) is 8.97. The van der Waals surface area contributed by atoms with Crippen molar-refractivity contribution in [1.29, 1.82) is 5.26 Å². The maximum atomic E-state index is 8.72. The van der Waals surface area contributed by atoms with Crippen LogP contribution in [0, 0.1) is 23.2 Å². The summed E-state index contributed by atoms with van der Waals surface area (Å²) >= 11 is 0. The van der Waals surface area contributed by atoms with E-state index < -0.39 is 0 Å². The van der Waals surface area contributed by atoms with Crippen molar-refractivity contribution in [2.24, 2.45) is 17.6 Å². The van der Waals surface area contributed by atoms with E-state index in [4.69, 9.17) is 11.0 Å². The molecule has 0 heterocycles. The van der Waals surface area contributed by atoms with Gasteiger partial charge in [-0.1, -0.05) is 30.7 Å². The quantitative estimate of drug-likeness (QED) is 0.670. The van der Waals surface area contributed by atoms with Crippen molar-refractivity contribution in [2.45, 2.75) is 13.3 Å². The van der Waals surface area contributed by atoms with Crippen LogP contribution in [-0.2, 0) is 0 Å². The molecule has 1 aliphatic carbocycles. The molecule has 0 radical (unpaired) electrons. The Labute approximate surface area is 73.4 Å². The fourth-order valence-electron chi connectivity index (χ4n) is 1.39. The van der Waals surface area contributed by atoms with E-state index in [0.29, 0.717) is 12.5 Å². The second-order valence-electron chi connectivity index (χ2n) is 3.15. The Morgan fingerprint density at radius 3 is 2.92 bits per heavy atom. The molecule has 64 valence electrons. The highest BCUT2D eigenvalue weighted by atomic mass is 14.5. The van der Waals surface area contributed by atoms with Crippen LogP contribution in [0.4, 0.5) is 0 Å². The third kappa shape index (κ3) is 1.96. The van der Waals surface area contributed by atoms with Crippen molar-refractivity contribution in [3.8, 4) is 6.07 Å². The van der Waals surface area contributed by atoms with E-state index in [9.17, 15) is 0 Å². The van der Waals surface area contributed by atoms with Gasteiger partial charge in [-0.15, -0.1) is 0 Å². The number of rotatable bonds is 2. The van der Waals surface area contributed by atoms with Gasteiger partial charge in [-0.2, -0.15) is 5.26 Å². The van der Waals surface area contributed by atoms with Gasteiger partial charge >= 0.3 is 0 Å². The summed E-state index contributed by atoms with van der Waals surface area (Å²) < 4.78 is 0. The minimum atomic E-state index is 0.0477. The van der Waals surface area contributed by atoms with E-state index >= 15 is 0 Å². The normalized spacial score (nSPS) is 27.9. The third-order valence-electron chi connectivity index (χ3n) is 2.14. The molecule has 2 N–H and O–H groups in total. The first-order valence-corrected chi connectivity index (χ1v) is 4.26. The standard InChI is InChI=1S/C10H14N2/c1-8-6-9(4-5-11)2-3-10(8)7-12/h2-3,6,8,10H,4-5,11H2,1H3/t8-,10?/m0/s1. The van der Waals surface area contributed by atoms with Crippen LogP contribution in [0.5, 0.6) is 0 Å². The molecule has 1 rings (SSSR count). The van der Waals surface area contributed by atoms with Crippen LogP contribution < -0.4 is 5.73 Å². The van der Waals surface area contributed by atoms with Crippen LogP contribution in [0.3, 0.4) is 0 Å². The van der Waals surface area contributed by atoms with Crippen molar-refractivity contribution in [3.63, 3.8) is 0 Å². The van der Waals surface area contributed by atoms with E-state index in [1.165, 1.54) is 5.57 Å². The monoisotopic (exact) mass is 162 g/mol. The summed E-state index contributed by atoms with van der Waals surface area (Å²) in [5, 5.41) is 8.72. The summed E-state index contributed by atoms with van der Waals surface area (Å²) in [6.07, 6.45) is 7.04. The van der Waals surface area contributed by atoms with Crippen molar-refractivity contribution >= 4 is 0 Å². The molecule has 0 aromatic carbocycles. The van der Waals surface area contributed by atoms with Crippen molar-refractivity contribution in [2.75, 3.05) is 6.54 Å². The number of nitriles is 1. The molecule has 2 nitrogen and oxygen atoms in total. The summed E-state index contributed by atoms with van der Waals surface area (Å²) in [6, 6.07) is 2.25. The first kappa shape index (κ1) is 9.02. The lowest BCUT2D eigenvalue weighted by atomic mass is 9.87. The van der Waals surface area contributed by atoms with Crippen molar-refractivity contribution in [1.82, 2.24) is 0 Å². The lowest BCUT2D eigenvalue weighted by Crippen LogP contribution is -2.10. The molecule has 12 heavy (non-hydrogen) atoms.